The molecule has 0 heterocycles. The van der Waals surface area contributed by atoms with Crippen molar-refractivity contribution < 1.29 is 4.74 Å². The Labute approximate surface area is 124 Å². The average molecular weight is 277 g/mol. The zero-order chi connectivity index (χ0) is 15.2. The minimum Gasteiger partial charge on any atom is -0.383 e. The van der Waals surface area contributed by atoms with Gasteiger partial charge >= 0.3 is 0 Å². The molecular weight excluding hydrogens is 246 g/mol. The van der Waals surface area contributed by atoms with Crippen molar-refractivity contribution in [3.8, 4) is 0 Å². The lowest BCUT2D eigenvalue weighted by atomic mass is 9.76. The minimum atomic E-state index is 0.302. The van der Waals surface area contributed by atoms with E-state index in [0.29, 0.717) is 11.3 Å². The number of hydrogen-bond donors (Lipinski definition) is 1. The predicted molar refractivity (Wildman–Crippen MR) is 87.3 cm³/mol. The molecule has 0 aliphatic carbocycles. The van der Waals surface area contributed by atoms with Gasteiger partial charge in [-0.15, -0.1) is 0 Å². The van der Waals surface area contributed by atoms with E-state index in [1.807, 2.05) is 0 Å². The molecule has 0 saturated carbocycles. The SMILES string of the molecule is COCCNCC(Cc1cc(C)ccc1C)C(C)(C)C. The molecule has 0 aromatic heterocycles. The Morgan fingerprint density at radius 2 is 1.90 bits per heavy atom. The summed E-state index contributed by atoms with van der Waals surface area (Å²) in [4.78, 5) is 0. The van der Waals surface area contributed by atoms with E-state index in [9.17, 15) is 0 Å². The van der Waals surface area contributed by atoms with E-state index >= 15 is 0 Å². The van der Waals surface area contributed by atoms with Crippen LogP contribution in [0.2, 0.25) is 0 Å². The molecule has 0 spiro atoms. The van der Waals surface area contributed by atoms with Gasteiger partial charge in [-0.3, -0.25) is 0 Å². The lowest BCUT2D eigenvalue weighted by Gasteiger charge is -2.32. The topological polar surface area (TPSA) is 21.3 Å². The number of benzene rings is 1. The van der Waals surface area contributed by atoms with Gasteiger partial charge in [0.15, 0.2) is 0 Å². The monoisotopic (exact) mass is 277 g/mol. The summed E-state index contributed by atoms with van der Waals surface area (Å²) in [5.41, 5.74) is 4.54. The quantitative estimate of drug-likeness (QED) is 0.767. The molecule has 1 N–H and O–H groups in total. The summed E-state index contributed by atoms with van der Waals surface area (Å²) in [5.74, 6) is 0.625. The molecule has 1 atom stereocenters. The first-order chi connectivity index (χ1) is 9.34. The highest BCUT2D eigenvalue weighted by molar-refractivity contribution is 5.31. The smallest absolute Gasteiger partial charge is 0.0587 e. The van der Waals surface area contributed by atoms with Gasteiger partial charge in [-0.1, -0.05) is 44.5 Å². The third-order valence-electron chi connectivity index (χ3n) is 4.07. The zero-order valence-corrected chi connectivity index (χ0v) is 14.0. The van der Waals surface area contributed by atoms with Crippen molar-refractivity contribution in [1.29, 1.82) is 0 Å². The molecule has 0 amide bonds. The van der Waals surface area contributed by atoms with Crippen LogP contribution in [0.4, 0.5) is 0 Å². The molecule has 114 valence electrons. The molecular formula is C18H31NO. The lowest BCUT2D eigenvalue weighted by molar-refractivity contribution is 0.186. The van der Waals surface area contributed by atoms with Crippen molar-refractivity contribution in [3.63, 3.8) is 0 Å². The first-order valence-corrected chi connectivity index (χ1v) is 7.60. The first kappa shape index (κ1) is 17.2. The largest absolute Gasteiger partial charge is 0.383 e. The molecule has 0 radical (unpaired) electrons. The van der Waals surface area contributed by atoms with E-state index in [0.717, 1.165) is 26.1 Å². The van der Waals surface area contributed by atoms with E-state index in [-0.39, 0.29) is 0 Å². The van der Waals surface area contributed by atoms with Gasteiger partial charge in [0.1, 0.15) is 0 Å². The summed E-state index contributed by atoms with van der Waals surface area (Å²) in [7, 11) is 1.75. The maximum atomic E-state index is 5.10. The third-order valence-corrected chi connectivity index (χ3v) is 4.07. The van der Waals surface area contributed by atoms with E-state index in [2.05, 4.69) is 58.1 Å². The van der Waals surface area contributed by atoms with Gasteiger partial charge in [-0.2, -0.15) is 0 Å². The Hall–Kier alpha value is -0.860. The van der Waals surface area contributed by atoms with Gasteiger partial charge in [-0.25, -0.2) is 0 Å². The molecule has 1 unspecified atom stereocenters. The second-order valence-electron chi connectivity index (χ2n) is 6.89. The average Bonchev–Trinajstić information content (AvgIpc) is 2.36. The van der Waals surface area contributed by atoms with E-state index in [4.69, 9.17) is 4.74 Å². The molecule has 20 heavy (non-hydrogen) atoms. The highest BCUT2D eigenvalue weighted by Crippen LogP contribution is 2.29. The van der Waals surface area contributed by atoms with Crippen LogP contribution in [-0.4, -0.2) is 26.8 Å². The molecule has 0 bridgehead atoms. The summed E-state index contributed by atoms with van der Waals surface area (Å²) in [6.45, 7) is 14.1. The van der Waals surface area contributed by atoms with Gasteiger partial charge < -0.3 is 10.1 Å². The molecule has 0 saturated heterocycles. The summed E-state index contributed by atoms with van der Waals surface area (Å²) < 4.78 is 5.10. The number of ether oxygens (including phenoxy) is 1. The third kappa shape index (κ3) is 5.64. The van der Waals surface area contributed by atoms with Crippen molar-refractivity contribution in [1.82, 2.24) is 5.32 Å². The summed E-state index contributed by atoms with van der Waals surface area (Å²) in [5, 5.41) is 3.52. The van der Waals surface area contributed by atoms with Gasteiger partial charge in [0.05, 0.1) is 6.61 Å². The Balaban J connectivity index is 2.71. The molecule has 2 nitrogen and oxygen atoms in total. The van der Waals surface area contributed by atoms with Crippen molar-refractivity contribution >= 4 is 0 Å². The van der Waals surface area contributed by atoms with Gasteiger partial charge in [0.2, 0.25) is 0 Å². The lowest BCUT2D eigenvalue weighted by Crippen LogP contribution is -2.35. The normalized spacial score (nSPS) is 13.5. The fraction of sp³-hybridized carbons (Fsp3) is 0.667. The van der Waals surface area contributed by atoms with Crippen LogP contribution in [0.5, 0.6) is 0 Å². The Morgan fingerprint density at radius 1 is 1.20 bits per heavy atom. The first-order valence-electron chi connectivity index (χ1n) is 7.60. The zero-order valence-electron chi connectivity index (χ0n) is 14.0. The number of methoxy groups -OCH3 is 1. The molecule has 1 aromatic rings. The van der Waals surface area contributed by atoms with Gasteiger partial charge in [0.25, 0.3) is 0 Å². The molecule has 1 rings (SSSR count). The van der Waals surface area contributed by atoms with Crippen LogP contribution in [0.3, 0.4) is 0 Å². The summed E-state index contributed by atoms with van der Waals surface area (Å²) in [6.07, 6.45) is 1.14. The van der Waals surface area contributed by atoms with Crippen LogP contribution < -0.4 is 5.32 Å². The van der Waals surface area contributed by atoms with Crippen molar-refractivity contribution in [2.45, 2.75) is 41.0 Å². The van der Waals surface area contributed by atoms with Crippen molar-refractivity contribution in [2.75, 3.05) is 26.8 Å². The van der Waals surface area contributed by atoms with Crippen LogP contribution in [0.25, 0.3) is 0 Å². The molecule has 0 aliphatic rings. The summed E-state index contributed by atoms with van der Waals surface area (Å²) >= 11 is 0. The fourth-order valence-corrected chi connectivity index (χ4v) is 2.42. The Kier molecular flexibility index (Phi) is 6.70. The maximum Gasteiger partial charge on any atom is 0.0587 e. The fourth-order valence-electron chi connectivity index (χ4n) is 2.42. The Bertz CT molecular complexity index is 406. The highest BCUT2D eigenvalue weighted by atomic mass is 16.5. The molecule has 0 fully saturated rings. The van der Waals surface area contributed by atoms with Crippen LogP contribution in [0.1, 0.15) is 37.5 Å². The molecule has 1 aromatic carbocycles. The number of hydrogen-bond acceptors (Lipinski definition) is 2. The minimum absolute atomic E-state index is 0.302. The second kappa shape index (κ2) is 7.80. The van der Waals surface area contributed by atoms with Crippen LogP contribution >= 0.6 is 0 Å². The van der Waals surface area contributed by atoms with Gasteiger partial charge in [0, 0.05) is 13.7 Å². The maximum absolute atomic E-state index is 5.10. The van der Waals surface area contributed by atoms with E-state index < -0.39 is 0 Å². The standard InChI is InChI=1S/C18H31NO/c1-14-7-8-15(2)16(11-14)12-17(18(3,4)5)13-19-9-10-20-6/h7-8,11,17,19H,9-10,12-13H2,1-6H3. The molecule has 2 heteroatoms. The van der Waals surface area contributed by atoms with E-state index in [1.165, 1.54) is 16.7 Å². The number of nitrogens with one attached hydrogen (secondary N) is 1. The van der Waals surface area contributed by atoms with Gasteiger partial charge in [-0.05, 0) is 49.3 Å². The summed E-state index contributed by atoms with van der Waals surface area (Å²) in [6, 6.07) is 6.77. The molecule has 0 aliphatic heterocycles. The van der Waals surface area contributed by atoms with Crippen LogP contribution in [0.15, 0.2) is 18.2 Å². The number of rotatable bonds is 7. The highest BCUT2D eigenvalue weighted by Gasteiger charge is 2.24. The van der Waals surface area contributed by atoms with E-state index in [1.54, 1.807) is 7.11 Å². The predicted octanol–water partition coefficient (Wildman–Crippen LogP) is 3.74. The Morgan fingerprint density at radius 3 is 2.50 bits per heavy atom. The van der Waals surface area contributed by atoms with Crippen LogP contribution in [-0.2, 0) is 11.2 Å². The van der Waals surface area contributed by atoms with Crippen LogP contribution in [0, 0.1) is 25.2 Å². The second-order valence-corrected chi connectivity index (χ2v) is 6.89. The van der Waals surface area contributed by atoms with Crippen molar-refractivity contribution in [2.24, 2.45) is 11.3 Å². The number of aryl methyl sites for hydroxylation is 2. The van der Waals surface area contributed by atoms with Crippen molar-refractivity contribution in [3.05, 3.63) is 34.9 Å².